The van der Waals surface area contributed by atoms with Crippen LogP contribution in [0.1, 0.15) is 73.3 Å². The smallest absolute Gasteiger partial charge is 0.0464 e. The molecule has 1 nitrogen and oxygen atoms in total. The van der Waals surface area contributed by atoms with Crippen LogP contribution in [0.5, 0.6) is 0 Å². The Morgan fingerprint density at radius 1 is 0.588 bits per heavy atom. The molecule has 0 radical (unpaired) electrons. The summed E-state index contributed by atoms with van der Waals surface area (Å²) < 4.78 is 0. The van der Waals surface area contributed by atoms with Gasteiger partial charge < -0.3 is 4.90 Å². The van der Waals surface area contributed by atoms with Crippen LogP contribution in [0.3, 0.4) is 0 Å². The average molecular weight is 872 g/mol. The molecule has 2 atom stereocenters. The van der Waals surface area contributed by atoms with Gasteiger partial charge in [-0.3, -0.25) is 0 Å². The predicted molar refractivity (Wildman–Crippen MR) is 289 cm³/mol. The quantitative estimate of drug-likeness (QED) is 0.147. The van der Waals surface area contributed by atoms with Crippen LogP contribution >= 0.6 is 0 Å². The number of para-hydroxylation sites is 1. The van der Waals surface area contributed by atoms with Gasteiger partial charge in [0, 0.05) is 34.3 Å². The van der Waals surface area contributed by atoms with Crippen LogP contribution < -0.4 is 4.90 Å². The van der Waals surface area contributed by atoms with E-state index in [9.17, 15) is 0 Å². The molecule has 0 fully saturated rings. The number of benzene rings is 7. The molecule has 13 rings (SSSR count). The van der Waals surface area contributed by atoms with E-state index in [0.717, 1.165) is 25.7 Å². The lowest BCUT2D eigenvalue weighted by Crippen LogP contribution is -2.19. The number of fused-ring (bicyclic) bond motifs is 6. The lowest BCUT2D eigenvalue weighted by molar-refractivity contribution is 0.650. The van der Waals surface area contributed by atoms with Gasteiger partial charge in [-0.05, 0) is 174 Å². The molecule has 1 heteroatoms. The van der Waals surface area contributed by atoms with Crippen molar-refractivity contribution >= 4 is 39.4 Å². The summed E-state index contributed by atoms with van der Waals surface area (Å²) >= 11 is 0. The van der Waals surface area contributed by atoms with E-state index < -0.39 is 0 Å². The summed E-state index contributed by atoms with van der Waals surface area (Å²) in [5.41, 5.74) is 25.4. The molecular weight excluding hydrogens is 819 g/mol. The molecule has 0 spiro atoms. The molecule has 0 aromatic heterocycles. The summed E-state index contributed by atoms with van der Waals surface area (Å²) in [4.78, 5) is 2.43. The standard InChI is InChI=1S/C67H53N/c1-67(2)61-40-45(32-37-55(61)56-38-36-54(42-62(56)67)68(52-23-11-5-12-24-52)53-25-13-6-14-26-53)30-29-44-31-33-50-41-51(35-34-49(50)39-44)60-43-59(46-17-7-3-8-18-46)65-57-27-15-21-47-22-16-28-58(63(47)57)66(65)64(60)48-19-9-4-10-20-48/h3-5,7-13,15-31,33-36,38-43,57,63H,6,14,32,37H2,1-2H3/b30-29+. The molecule has 68 heavy (non-hydrogen) atoms. The third-order valence-electron chi connectivity index (χ3n) is 15.5. The summed E-state index contributed by atoms with van der Waals surface area (Å²) in [6.45, 7) is 4.83. The summed E-state index contributed by atoms with van der Waals surface area (Å²) in [5, 5.41) is 2.50. The molecule has 6 aliphatic carbocycles. The highest BCUT2D eigenvalue weighted by Crippen LogP contribution is 2.60. The van der Waals surface area contributed by atoms with Gasteiger partial charge in [0.25, 0.3) is 0 Å². The zero-order chi connectivity index (χ0) is 45.3. The van der Waals surface area contributed by atoms with Crippen molar-refractivity contribution in [3.63, 3.8) is 0 Å². The molecule has 0 aliphatic heterocycles. The Kier molecular flexibility index (Phi) is 9.68. The molecule has 326 valence electrons. The van der Waals surface area contributed by atoms with Crippen molar-refractivity contribution in [1.29, 1.82) is 0 Å². The fourth-order valence-corrected chi connectivity index (χ4v) is 12.3. The third kappa shape index (κ3) is 6.67. The molecule has 0 saturated heterocycles. The summed E-state index contributed by atoms with van der Waals surface area (Å²) in [6, 6.07) is 56.7. The van der Waals surface area contributed by atoms with Gasteiger partial charge >= 0.3 is 0 Å². The SMILES string of the molecule is CC1(C)C2=C(CCC(/C=C/c3ccc4cc(-c5cc(-c6ccccc6)c6c(c5-c5ccccc5)C5=CC=CC7=CC=CC6C75)ccc4c3)=C2)c2ccc(N(C3=CCCC=C3)c3ccccc3)cc21. The lowest BCUT2D eigenvalue weighted by atomic mass is 9.78. The van der Waals surface area contributed by atoms with Crippen LogP contribution in [0.4, 0.5) is 11.4 Å². The Labute approximate surface area is 401 Å². The molecule has 7 aromatic carbocycles. The first kappa shape index (κ1) is 40.5. The van der Waals surface area contributed by atoms with Crippen LogP contribution in [0.15, 0.2) is 241 Å². The minimum Gasteiger partial charge on any atom is -0.311 e. The van der Waals surface area contributed by atoms with Gasteiger partial charge in [0.05, 0.1) is 0 Å². The Balaban J connectivity index is 0.835. The second kappa shape index (κ2) is 16.2. The maximum Gasteiger partial charge on any atom is 0.0464 e. The normalized spacial score (nSPS) is 19.3. The van der Waals surface area contributed by atoms with E-state index in [4.69, 9.17) is 0 Å². The largest absolute Gasteiger partial charge is 0.311 e. The van der Waals surface area contributed by atoms with Crippen molar-refractivity contribution in [2.45, 2.75) is 50.9 Å². The molecule has 6 aliphatic rings. The maximum absolute atomic E-state index is 2.50. The van der Waals surface area contributed by atoms with Gasteiger partial charge in [0.1, 0.15) is 0 Å². The van der Waals surface area contributed by atoms with Crippen LogP contribution in [0.2, 0.25) is 0 Å². The zero-order valence-corrected chi connectivity index (χ0v) is 38.8. The first-order valence-corrected chi connectivity index (χ1v) is 24.6. The molecule has 0 N–H and O–H groups in total. The van der Waals surface area contributed by atoms with Gasteiger partial charge in [-0.1, -0.05) is 190 Å². The Hall–Kier alpha value is -7.74. The van der Waals surface area contributed by atoms with Crippen LogP contribution in [-0.2, 0) is 5.41 Å². The molecule has 0 saturated carbocycles. The van der Waals surface area contributed by atoms with Gasteiger partial charge in [0.2, 0.25) is 0 Å². The van der Waals surface area contributed by atoms with E-state index in [2.05, 4.69) is 243 Å². The second-order valence-electron chi connectivity index (χ2n) is 19.8. The number of allylic oxidation sites excluding steroid dienone is 16. The van der Waals surface area contributed by atoms with Crippen molar-refractivity contribution in [3.05, 3.63) is 269 Å². The number of anilines is 2. The second-order valence-corrected chi connectivity index (χ2v) is 19.8. The minimum atomic E-state index is -0.0965. The first-order valence-electron chi connectivity index (χ1n) is 24.6. The van der Waals surface area contributed by atoms with E-state index in [-0.39, 0.29) is 5.41 Å². The highest BCUT2D eigenvalue weighted by atomic mass is 15.1. The van der Waals surface area contributed by atoms with Crippen LogP contribution in [0.25, 0.3) is 61.4 Å². The number of rotatable bonds is 8. The number of nitrogens with zero attached hydrogens (tertiary/aromatic N) is 1. The molecule has 7 aromatic rings. The summed E-state index contributed by atoms with van der Waals surface area (Å²) in [7, 11) is 0. The molecular formula is C67H53N. The minimum absolute atomic E-state index is 0.0965. The highest BCUT2D eigenvalue weighted by molar-refractivity contribution is 6.03. The predicted octanol–water partition coefficient (Wildman–Crippen LogP) is 17.9. The molecule has 0 heterocycles. The first-order chi connectivity index (χ1) is 33.5. The molecule has 0 bridgehead atoms. The van der Waals surface area contributed by atoms with Crippen molar-refractivity contribution in [1.82, 2.24) is 0 Å². The molecule has 0 amide bonds. The van der Waals surface area contributed by atoms with Crippen molar-refractivity contribution in [2.75, 3.05) is 4.90 Å². The topological polar surface area (TPSA) is 3.24 Å². The number of hydrogen-bond acceptors (Lipinski definition) is 1. The summed E-state index contributed by atoms with van der Waals surface area (Å²) in [6.07, 6.45) is 32.4. The fourth-order valence-electron chi connectivity index (χ4n) is 12.3. The van der Waals surface area contributed by atoms with E-state index in [1.807, 2.05) is 0 Å². The van der Waals surface area contributed by atoms with Crippen molar-refractivity contribution in [2.24, 2.45) is 5.92 Å². The molecule has 2 unspecified atom stereocenters. The third-order valence-corrected chi connectivity index (χ3v) is 15.5. The zero-order valence-electron chi connectivity index (χ0n) is 38.8. The van der Waals surface area contributed by atoms with Gasteiger partial charge in [-0.2, -0.15) is 0 Å². The van der Waals surface area contributed by atoms with E-state index in [0.29, 0.717) is 11.8 Å². The van der Waals surface area contributed by atoms with Gasteiger partial charge in [-0.15, -0.1) is 0 Å². The fraction of sp³-hybridized carbons (Fsp3) is 0.134. The van der Waals surface area contributed by atoms with E-state index in [1.165, 1.54) is 117 Å². The van der Waals surface area contributed by atoms with Crippen molar-refractivity contribution in [3.8, 4) is 33.4 Å². The van der Waals surface area contributed by atoms with Gasteiger partial charge in [0.15, 0.2) is 0 Å². The van der Waals surface area contributed by atoms with Crippen LogP contribution in [0, 0.1) is 5.92 Å². The van der Waals surface area contributed by atoms with Gasteiger partial charge in [-0.25, -0.2) is 0 Å². The Morgan fingerprint density at radius 3 is 2.18 bits per heavy atom. The number of hydrogen-bond donors (Lipinski definition) is 0. The Bertz CT molecular complexity index is 3500. The Morgan fingerprint density at radius 2 is 1.37 bits per heavy atom. The van der Waals surface area contributed by atoms with E-state index in [1.54, 1.807) is 0 Å². The maximum atomic E-state index is 2.50. The van der Waals surface area contributed by atoms with Crippen LogP contribution in [-0.4, -0.2) is 0 Å². The monoisotopic (exact) mass is 871 g/mol. The highest BCUT2D eigenvalue weighted by Gasteiger charge is 2.43. The summed E-state index contributed by atoms with van der Waals surface area (Å²) in [5.74, 6) is 0.631. The van der Waals surface area contributed by atoms with E-state index >= 15 is 0 Å². The lowest BCUT2D eigenvalue weighted by Gasteiger charge is -2.30. The average Bonchev–Trinajstić information content (AvgIpc) is 3.84. The van der Waals surface area contributed by atoms with Crippen molar-refractivity contribution < 1.29 is 0 Å².